The molecular weight excluding hydrogens is 236 g/mol. The maximum Gasteiger partial charge on any atom is 0.127 e. The summed E-state index contributed by atoms with van der Waals surface area (Å²) in [5.41, 5.74) is 1.21. The molecule has 94 valence electrons. The maximum atomic E-state index is 8.75. The molecule has 0 saturated carbocycles. The Bertz CT molecular complexity index is 586. The minimum atomic E-state index is 0.111. The quantitative estimate of drug-likeness (QED) is 0.782. The molecule has 0 aromatic heterocycles. The lowest BCUT2D eigenvalue weighted by Gasteiger charge is -2.07. The monoisotopic (exact) mass is 250 g/mol. The van der Waals surface area contributed by atoms with Crippen LogP contribution in [-0.4, -0.2) is 17.5 Å². The Kier molecular flexibility index (Phi) is 3.18. The van der Waals surface area contributed by atoms with Crippen LogP contribution in [0.3, 0.4) is 0 Å². The Labute approximate surface area is 112 Å². The van der Waals surface area contributed by atoms with E-state index in [-0.39, 0.29) is 6.04 Å². The summed E-state index contributed by atoms with van der Waals surface area (Å²) in [6.45, 7) is 1.72. The van der Waals surface area contributed by atoms with Crippen LogP contribution >= 0.6 is 0 Å². The highest BCUT2D eigenvalue weighted by molar-refractivity contribution is 5.33. The number of rotatable bonds is 4. The van der Waals surface area contributed by atoms with Crippen LogP contribution in [0.5, 0.6) is 11.5 Å². The third-order valence-electron chi connectivity index (χ3n) is 3.15. The smallest absolute Gasteiger partial charge is 0.127 e. The third-order valence-corrected chi connectivity index (χ3v) is 3.15. The van der Waals surface area contributed by atoms with E-state index in [2.05, 4.69) is 11.0 Å². The molecule has 1 heterocycles. The topological polar surface area (TPSA) is 36.0 Å². The molecule has 1 fully saturated rings. The molecule has 3 heteroatoms. The zero-order valence-corrected chi connectivity index (χ0v) is 10.5. The fraction of sp³-hybridized carbons (Fsp3) is 0.188. The van der Waals surface area contributed by atoms with E-state index in [0.29, 0.717) is 0 Å². The zero-order valence-electron chi connectivity index (χ0n) is 10.5. The molecule has 0 radical (unpaired) electrons. The van der Waals surface area contributed by atoms with Gasteiger partial charge in [0.15, 0.2) is 0 Å². The molecule has 0 spiro atoms. The highest BCUT2D eigenvalue weighted by Crippen LogP contribution is 2.24. The normalized spacial score (nSPS) is 20.6. The summed E-state index contributed by atoms with van der Waals surface area (Å²) >= 11 is 0. The molecule has 1 saturated heterocycles. The van der Waals surface area contributed by atoms with Gasteiger partial charge in [-0.15, -0.1) is 0 Å². The molecule has 0 amide bonds. The number of hydrogen-bond acceptors (Lipinski definition) is 3. The summed E-state index contributed by atoms with van der Waals surface area (Å²) in [6.07, 6.45) is 0. The van der Waals surface area contributed by atoms with Gasteiger partial charge in [0, 0.05) is 13.1 Å². The van der Waals surface area contributed by atoms with Gasteiger partial charge in [-0.2, -0.15) is 5.26 Å². The SMILES string of the molecule is N#CC1CN1Cc1ccc(Oc2ccccc2)cc1. The number of ether oxygens (including phenoxy) is 1. The van der Waals surface area contributed by atoms with E-state index >= 15 is 0 Å². The summed E-state index contributed by atoms with van der Waals surface area (Å²) < 4.78 is 5.73. The average molecular weight is 250 g/mol. The fourth-order valence-electron chi connectivity index (χ4n) is 1.99. The van der Waals surface area contributed by atoms with Gasteiger partial charge in [-0.05, 0) is 29.8 Å². The fourth-order valence-corrected chi connectivity index (χ4v) is 1.99. The molecule has 2 aromatic rings. The van der Waals surface area contributed by atoms with E-state index in [1.807, 2.05) is 54.6 Å². The van der Waals surface area contributed by atoms with E-state index < -0.39 is 0 Å². The zero-order chi connectivity index (χ0) is 13.1. The second-order valence-corrected chi connectivity index (χ2v) is 4.63. The van der Waals surface area contributed by atoms with Crippen LogP contribution in [0.15, 0.2) is 54.6 Å². The lowest BCUT2D eigenvalue weighted by atomic mass is 10.2. The Balaban J connectivity index is 1.62. The van der Waals surface area contributed by atoms with Crippen molar-refractivity contribution in [2.75, 3.05) is 6.54 Å². The lowest BCUT2D eigenvalue weighted by Crippen LogP contribution is -2.00. The second kappa shape index (κ2) is 5.13. The van der Waals surface area contributed by atoms with Crippen molar-refractivity contribution in [1.29, 1.82) is 5.26 Å². The van der Waals surface area contributed by atoms with Crippen LogP contribution in [0.4, 0.5) is 0 Å². The third kappa shape index (κ3) is 2.93. The van der Waals surface area contributed by atoms with Gasteiger partial charge in [-0.25, -0.2) is 0 Å². The van der Waals surface area contributed by atoms with Crippen molar-refractivity contribution in [3.05, 3.63) is 60.2 Å². The molecule has 0 bridgehead atoms. The van der Waals surface area contributed by atoms with Crippen molar-refractivity contribution < 1.29 is 4.74 Å². The van der Waals surface area contributed by atoms with Gasteiger partial charge in [-0.3, -0.25) is 4.90 Å². The van der Waals surface area contributed by atoms with Gasteiger partial charge >= 0.3 is 0 Å². The number of para-hydroxylation sites is 1. The summed E-state index contributed by atoms with van der Waals surface area (Å²) in [4.78, 5) is 2.13. The molecule has 19 heavy (non-hydrogen) atoms. The standard InChI is InChI=1S/C16H14N2O/c17-10-14-12-18(14)11-13-6-8-16(9-7-13)19-15-4-2-1-3-5-15/h1-9,14H,11-12H2. The molecule has 3 rings (SSSR count). The molecule has 1 aliphatic rings. The summed E-state index contributed by atoms with van der Waals surface area (Å²) in [5.74, 6) is 1.67. The molecule has 2 aromatic carbocycles. The van der Waals surface area contributed by atoms with Crippen LogP contribution in [-0.2, 0) is 6.54 Å². The summed E-state index contributed by atoms with van der Waals surface area (Å²) in [7, 11) is 0. The van der Waals surface area contributed by atoms with Gasteiger partial charge in [0.1, 0.15) is 17.5 Å². The van der Waals surface area contributed by atoms with Crippen molar-refractivity contribution in [2.45, 2.75) is 12.6 Å². The van der Waals surface area contributed by atoms with Crippen LogP contribution in [0, 0.1) is 11.3 Å². The number of benzene rings is 2. The van der Waals surface area contributed by atoms with E-state index in [1.54, 1.807) is 0 Å². The Morgan fingerprint density at radius 3 is 2.37 bits per heavy atom. The van der Waals surface area contributed by atoms with Gasteiger partial charge in [0.05, 0.1) is 6.07 Å². The van der Waals surface area contributed by atoms with Gasteiger partial charge in [-0.1, -0.05) is 30.3 Å². The van der Waals surface area contributed by atoms with Crippen molar-refractivity contribution in [3.8, 4) is 17.6 Å². The summed E-state index contributed by atoms with van der Waals surface area (Å²) in [5, 5.41) is 8.75. The van der Waals surface area contributed by atoms with E-state index in [1.165, 1.54) is 5.56 Å². The van der Waals surface area contributed by atoms with E-state index in [9.17, 15) is 0 Å². The van der Waals surface area contributed by atoms with Crippen molar-refractivity contribution >= 4 is 0 Å². The Hall–Kier alpha value is -2.31. The van der Waals surface area contributed by atoms with Crippen LogP contribution in [0.2, 0.25) is 0 Å². The molecular formula is C16H14N2O. The van der Waals surface area contributed by atoms with E-state index in [0.717, 1.165) is 24.6 Å². The molecule has 2 atom stereocenters. The highest BCUT2D eigenvalue weighted by atomic mass is 16.5. The first-order valence-corrected chi connectivity index (χ1v) is 6.31. The largest absolute Gasteiger partial charge is 0.457 e. The van der Waals surface area contributed by atoms with Crippen LogP contribution in [0.25, 0.3) is 0 Å². The van der Waals surface area contributed by atoms with Gasteiger partial charge < -0.3 is 4.74 Å². The maximum absolute atomic E-state index is 8.75. The first kappa shape index (κ1) is 11.8. The van der Waals surface area contributed by atoms with Crippen molar-refractivity contribution in [2.24, 2.45) is 0 Å². The molecule has 0 aliphatic carbocycles. The molecule has 0 N–H and O–H groups in total. The first-order valence-electron chi connectivity index (χ1n) is 6.31. The molecule has 2 unspecified atom stereocenters. The number of nitrogens with zero attached hydrogens (tertiary/aromatic N) is 2. The molecule has 3 nitrogen and oxygen atoms in total. The second-order valence-electron chi connectivity index (χ2n) is 4.63. The summed E-state index contributed by atoms with van der Waals surface area (Å²) in [6, 6.07) is 20.1. The highest BCUT2D eigenvalue weighted by Gasteiger charge is 2.33. The number of hydrogen-bond donors (Lipinski definition) is 0. The van der Waals surface area contributed by atoms with Crippen molar-refractivity contribution in [3.63, 3.8) is 0 Å². The lowest BCUT2D eigenvalue weighted by molar-refractivity contribution is 0.481. The van der Waals surface area contributed by atoms with Crippen molar-refractivity contribution in [1.82, 2.24) is 4.90 Å². The Morgan fingerprint density at radius 2 is 1.74 bits per heavy atom. The van der Waals surface area contributed by atoms with Crippen LogP contribution < -0.4 is 4.74 Å². The number of nitriles is 1. The molecule has 1 aliphatic heterocycles. The van der Waals surface area contributed by atoms with E-state index in [4.69, 9.17) is 10.00 Å². The van der Waals surface area contributed by atoms with Gasteiger partial charge in [0.25, 0.3) is 0 Å². The average Bonchev–Trinajstić information content (AvgIpc) is 3.20. The Morgan fingerprint density at radius 1 is 1.05 bits per heavy atom. The van der Waals surface area contributed by atoms with Crippen LogP contribution in [0.1, 0.15) is 5.56 Å². The minimum absolute atomic E-state index is 0.111. The minimum Gasteiger partial charge on any atom is -0.457 e. The predicted molar refractivity (Wildman–Crippen MR) is 72.8 cm³/mol. The predicted octanol–water partition coefficient (Wildman–Crippen LogP) is 3.19. The first-order chi connectivity index (χ1) is 9.35. The van der Waals surface area contributed by atoms with Gasteiger partial charge in [0.2, 0.25) is 0 Å².